The third-order valence-electron chi connectivity index (χ3n) is 3.36. The van der Waals surface area contributed by atoms with Gasteiger partial charge in [-0.25, -0.2) is 0 Å². The maximum absolute atomic E-state index is 11.8. The number of hydrogen-bond acceptors (Lipinski definition) is 3. The minimum absolute atomic E-state index is 0.237. The molecule has 0 saturated carbocycles. The molecule has 1 aromatic rings. The largest absolute Gasteiger partial charge is 0.343 e. The minimum Gasteiger partial charge on any atom is -0.343 e. The number of piperidine rings is 1. The van der Waals surface area contributed by atoms with Gasteiger partial charge in [0.05, 0.1) is 16.7 Å². The number of carbonyl (C=O) groups is 1. The van der Waals surface area contributed by atoms with E-state index in [1.165, 1.54) is 0 Å². The van der Waals surface area contributed by atoms with Crippen LogP contribution >= 0.6 is 15.9 Å². The van der Waals surface area contributed by atoms with Crippen LogP contribution in [0.15, 0.2) is 16.9 Å². The zero-order valence-corrected chi connectivity index (χ0v) is 12.0. The van der Waals surface area contributed by atoms with E-state index in [1.54, 1.807) is 6.20 Å². The van der Waals surface area contributed by atoms with E-state index >= 15 is 0 Å². The Kier molecular flexibility index (Phi) is 4.77. The van der Waals surface area contributed by atoms with E-state index in [9.17, 15) is 4.79 Å². The number of nitrogens with two attached hydrogens (primary N) is 1. The number of nitrogens with zero attached hydrogens (tertiary/aromatic N) is 3. The topological polar surface area (TPSA) is 64.2 Å². The van der Waals surface area contributed by atoms with Gasteiger partial charge in [-0.1, -0.05) is 0 Å². The standard InChI is InChI=1S/C12H19BrN4O/c13-10-8-15-17(9-10)11-3-6-16(7-4-11)12(18)2-1-5-14/h8-9,11H,1-7,14H2. The first-order chi connectivity index (χ1) is 8.70. The van der Waals surface area contributed by atoms with Crippen molar-refractivity contribution >= 4 is 21.8 Å². The molecule has 18 heavy (non-hydrogen) atoms. The van der Waals surface area contributed by atoms with Crippen LogP contribution in [-0.4, -0.2) is 40.2 Å². The number of carbonyl (C=O) groups excluding carboxylic acids is 1. The molecule has 1 fully saturated rings. The monoisotopic (exact) mass is 314 g/mol. The molecule has 2 heterocycles. The predicted molar refractivity (Wildman–Crippen MR) is 73.1 cm³/mol. The number of hydrogen-bond donors (Lipinski definition) is 1. The molecule has 0 atom stereocenters. The summed E-state index contributed by atoms with van der Waals surface area (Å²) in [7, 11) is 0. The molecular formula is C12H19BrN4O. The first-order valence-corrected chi connectivity index (χ1v) is 7.17. The van der Waals surface area contributed by atoms with Crippen molar-refractivity contribution in [2.75, 3.05) is 19.6 Å². The van der Waals surface area contributed by atoms with Crippen LogP contribution in [0.2, 0.25) is 0 Å². The molecule has 0 unspecified atom stereocenters. The summed E-state index contributed by atoms with van der Waals surface area (Å²) in [6.07, 6.45) is 7.11. The molecule has 1 aliphatic rings. The normalized spacial score (nSPS) is 17.1. The van der Waals surface area contributed by atoms with Crippen LogP contribution in [0, 0.1) is 0 Å². The van der Waals surface area contributed by atoms with Crippen LogP contribution in [0.1, 0.15) is 31.7 Å². The number of aromatic nitrogens is 2. The van der Waals surface area contributed by atoms with Gasteiger partial charge in [-0.05, 0) is 41.7 Å². The van der Waals surface area contributed by atoms with Crippen molar-refractivity contribution < 1.29 is 4.79 Å². The predicted octanol–water partition coefficient (Wildman–Crippen LogP) is 1.55. The molecule has 6 heteroatoms. The zero-order chi connectivity index (χ0) is 13.0. The lowest BCUT2D eigenvalue weighted by Crippen LogP contribution is -2.39. The van der Waals surface area contributed by atoms with Gasteiger partial charge in [0.15, 0.2) is 0 Å². The second-order valence-electron chi connectivity index (χ2n) is 4.64. The number of amides is 1. The number of likely N-dealkylation sites (tertiary alicyclic amines) is 1. The van der Waals surface area contributed by atoms with Crippen molar-refractivity contribution in [2.24, 2.45) is 5.73 Å². The maximum atomic E-state index is 11.8. The van der Waals surface area contributed by atoms with Gasteiger partial charge in [0, 0.05) is 25.7 Å². The van der Waals surface area contributed by atoms with E-state index < -0.39 is 0 Å². The summed E-state index contributed by atoms with van der Waals surface area (Å²) in [5, 5.41) is 4.31. The lowest BCUT2D eigenvalue weighted by Gasteiger charge is -2.32. The highest BCUT2D eigenvalue weighted by molar-refractivity contribution is 9.10. The molecule has 5 nitrogen and oxygen atoms in total. The molecule has 1 aliphatic heterocycles. The summed E-state index contributed by atoms with van der Waals surface area (Å²) in [5.41, 5.74) is 5.42. The molecule has 0 spiro atoms. The summed E-state index contributed by atoms with van der Waals surface area (Å²) < 4.78 is 3.00. The van der Waals surface area contributed by atoms with Gasteiger partial charge in [0.25, 0.3) is 0 Å². The highest BCUT2D eigenvalue weighted by Gasteiger charge is 2.23. The number of halogens is 1. The molecule has 0 aromatic carbocycles. The Bertz CT molecular complexity index is 399. The lowest BCUT2D eigenvalue weighted by molar-refractivity contribution is -0.132. The van der Waals surface area contributed by atoms with Gasteiger partial charge in [-0.2, -0.15) is 5.10 Å². The van der Waals surface area contributed by atoms with E-state index in [0.29, 0.717) is 19.0 Å². The Morgan fingerprint density at radius 3 is 2.78 bits per heavy atom. The molecule has 2 rings (SSSR count). The third kappa shape index (κ3) is 3.32. The molecule has 100 valence electrons. The molecule has 0 aliphatic carbocycles. The first-order valence-electron chi connectivity index (χ1n) is 6.38. The zero-order valence-electron chi connectivity index (χ0n) is 10.4. The molecule has 1 aromatic heterocycles. The van der Waals surface area contributed by atoms with Crippen LogP contribution < -0.4 is 5.73 Å². The summed E-state index contributed by atoms with van der Waals surface area (Å²) in [6.45, 7) is 2.24. The second kappa shape index (κ2) is 6.33. The van der Waals surface area contributed by atoms with E-state index in [-0.39, 0.29) is 5.91 Å². The first kappa shape index (κ1) is 13.5. The van der Waals surface area contributed by atoms with E-state index in [0.717, 1.165) is 36.8 Å². The lowest BCUT2D eigenvalue weighted by atomic mass is 10.0. The molecular weight excluding hydrogens is 296 g/mol. The van der Waals surface area contributed by atoms with Crippen molar-refractivity contribution in [1.29, 1.82) is 0 Å². The van der Waals surface area contributed by atoms with Crippen LogP contribution in [0.25, 0.3) is 0 Å². The quantitative estimate of drug-likeness (QED) is 0.917. The highest BCUT2D eigenvalue weighted by atomic mass is 79.9. The molecule has 2 N–H and O–H groups in total. The van der Waals surface area contributed by atoms with Gasteiger partial charge in [-0.15, -0.1) is 0 Å². The Morgan fingerprint density at radius 2 is 2.22 bits per heavy atom. The Hall–Kier alpha value is -0.880. The van der Waals surface area contributed by atoms with Crippen molar-refractivity contribution in [3.05, 3.63) is 16.9 Å². The van der Waals surface area contributed by atoms with Gasteiger partial charge < -0.3 is 10.6 Å². The maximum Gasteiger partial charge on any atom is 0.222 e. The van der Waals surface area contributed by atoms with Gasteiger partial charge in [-0.3, -0.25) is 9.48 Å². The molecule has 1 saturated heterocycles. The van der Waals surface area contributed by atoms with Crippen LogP contribution in [0.3, 0.4) is 0 Å². The Morgan fingerprint density at radius 1 is 1.50 bits per heavy atom. The summed E-state index contributed by atoms with van der Waals surface area (Å²) in [5.74, 6) is 0.237. The summed E-state index contributed by atoms with van der Waals surface area (Å²) in [4.78, 5) is 13.8. The smallest absolute Gasteiger partial charge is 0.222 e. The van der Waals surface area contributed by atoms with Crippen molar-refractivity contribution in [2.45, 2.75) is 31.7 Å². The second-order valence-corrected chi connectivity index (χ2v) is 5.56. The fourth-order valence-corrected chi connectivity index (χ4v) is 2.61. The molecule has 1 amide bonds. The van der Waals surface area contributed by atoms with Gasteiger partial charge in [0.2, 0.25) is 5.91 Å². The average molecular weight is 315 g/mol. The van der Waals surface area contributed by atoms with Crippen molar-refractivity contribution in [3.8, 4) is 0 Å². The Labute approximate surface area is 115 Å². The number of rotatable bonds is 4. The van der Waals surface area contributed by atoms with E-state index in [2.05, 4.69) is 21.0 Å². The summed E-state index contributed by atoms with van der Waals surface area (Å²) >= 11 is 3.40. The molecule has 0 radical (unpaired) electrons. The molecule has 0 bridgehead atoms. The minimum atomic E-state index is 0.237. The van der Waals surface area contributed by atoms with E-state index in [4.69, 9.17) is 5.73 Å². The fourth-order valence-electron chi connectivity index (χ4n) is 2.31. The van der Waals surface area contributed by atoms with Gasteiger partial charge >= 0.3 is 0 Å². The van der Waals surface area contributed by atoms with Crippen molar-refractivity contribution in [3.63, 3.8) is 0 Å². The third-order valence-corrected chi connectivity index (χ3v) is 3.77. The Balaban J connectivity index is 1.82. The fraction of sp³-hybridized carbons (Fsp3) is 0.667. The van der Waals surface area contributed by atoms with Crippen LogP contribution in [0.5, 0.6) is 0 Å². The van der Waals surface area contributed by atoms with Crippen LogP contribution in [0.4, 0.5) is 0 Å². The highest BCUT2D eigenvalue weighted by Crippen LogP contribution is 2.23. The SMILES string of the molecule is NCCCC(=O)N1CCC(n2cc(Br)cn2)CC1. The summed E-state index contributed by atoms with van der Waals surface area (Å²) in [6, 6.07) is 0.412. The van der Waals surface area contributed by atoms with Gasteiger partial charge in [0.1, 0.15) is 0 Å². The average Bonchev–Trinajstić information content (AvgIpc) is 2.83. The van der Waals surface area contributed by atoms with Crippen LogP contribution in [-0.2, 0) is 4.79 Å². The van der Waals surface area contributed by atoms with Crippen molar-refractivity contribution in [1.82, 2.24) is 14.7 Å². The van der Waals surface area contributed by atoms with E-state index in [1.807, 2.05) is 15.8 Å².